The number of carbonyl (C=O) groups excluding carboxylic acids is 2. The molecule has 4 heterocycles. The third kappa shape index (κ3) is 6.02. The van der Waals surface area contributed by atoms with Crippen molar-refractivity contribution in [2.75, 3.05) is 31.1 Å². The summed E-state index contributed by atoms with van der Waals surface area (Å²) in [5.74, 6) is 6.50. The second-order valence-corrected chi connectivity index (χ2v) is 9.95. The highest BCUT2D eigenvalue weighted by molar-refractivity contribution is 5.83. The Balaban J connectivity index is 1.21. The van der Waals surface area contributed by atoms with Crippen molar-refractivity contribution in [2.45, 2.75) is 50.7 Å². The zero-order valence-electron chi connectivity index (χ0n) is 22.4. The van der Waals surface area contributed by atoms with Crippen LogP contribution in [0.25, 0.3) is 11.2 Å². The number of amides is 2. The molecule has 0 bridgehead atoms. The van der Waals surface area contributed by atoms with E-state index >= 15 is 0 Å². The molecule has 1 aromatic carbocycles. The second kappa shape index (κ2) is 12.0. The van der Waals surface area contributed by atoms with E-state index < -0.39 is 36.5 Å². The number of imidazole rings is 1. The SMILES string of the molecule is CCNC(=O)[C@H]1O[C@@H](n2cnc3c(N)nc(C#CCC4CCN(C(=O)Oc5ccc(N)cc5)CC4)nc32)[C@H](O)[C@@H]1O. The van der Waals surface area contributed by atoms with Crippen molar-refractivity contribution in [1.29, 1.82) is 0 Å². The number of nitrogens with one attached hydrogen (secondary N) is 1. The number of benzene rings is 1. The van der Waals surface area contributed by atoms with Crippen LogP contribution >= 0.6 is 0 Å². The van der Waals surface area contributed by atoms with Crippen molar-refractivity contribution >= 4 is 34.7 Å². The highest BCUT2D eigenvalue weighted by atomic mass is 16.6. The number of nitrogen functional groups attached to an aromatic ring is 2. The Kier molecular flexibility index (Phi) is 8.20. The third-order valence-corrected chi connectivity index (χ3v) is 7.12. The fraction of sp³-hybridized carbons (Fsp3) is 0.444. The average Bonchev–Trinajstić information content (AvgIpc) is 3.51. The zero-order chi connectivity index (χ0) is 29.1. The number of likely N-dealkylation sites (tertiary alicyclic amines) is 1. The number of nitrogens with zero attached hydrogens (tertiary/aromatic N) is 5. The lowest BCUT2D eigenvalue weighted by molar-refractivity contribution is -0.137. The Labute approximate surface area is 235 Å². The van der Waals surface area contributed by atoms with E-state index in [9.17, 15) is 19.8 Å². The number of rotatable bonds is 5. The number of aromatic nitrogens is 4. The Morgan fingerprint density at radius 1 is 1.15 bits per heavy atom. The monoisotopic (exact) mass is 564 g/mol. The summed E-state index contributed by atoms with van der Waals surface area (Å²) in [6, 6.07) is 6.67. The van der Waals surface area contributed by atoms with Gasteiger partial charge in [0.15, 0.2) is 23.8 Å². The van der Waals surface area contributed by atoms with E-state index in [0.29, 0.717) is 37.5 Å². The van der Waals surface area contributed by atoms with Crippen LogP contribution in [-0.2, 0) is 9.53 Å². The van der Waals surface area contributed by atoms with Crippen LogP contribution in [0, 0.1) is 17.8 Å². The Bertz CT molecular complexity index is 1470. The van der Waals surface area contributed by atoms with Crippen LogP contribution in [0.15, 0.2) is 30.6 Å². The first-order valence-electron chi connectivity index (χ1n) is 13.4. The molecule has 2 aliphatic rings. The Morgan fingerprint density at radius 2 is 1.88 bits per heavy atom. The molecule has 216 valence electrons. The predicted molar refractivity (Wildman–Crippen MR) is 147 cm³/mol. The van der Waals surface area contributed by atoms with Crippen LogP contribution in [0.5, 0.6) is 5.75 Å². The van der Waals surface area contributed by atoms with E-state index in [1.165, 1.54) is 10.9 Å². The van der Waals surface area contributed by atoms with E-state index in [2.05, 4.69) is 32.1 Å². The molecule has 0 spiro atoms. The summed E-state index contributed by atoms with van der Waals surface area (Å²) in [4.78, 5) is 39.3. The number of hydrogen-bond donors (Lipinski definition) is 5. The van der Waals surface area contributed by atoms with Gasteiger partial charge in [0, 0.05) is 31.7 Å². The summed E-state index contributed by atoms with van der Waals surface area (Å²) in [6.07, 6.45) is -2.13. The lowest BCUT2D eigenvalue weighted by Gasteiger charge is -2.30. The van der Waals surface area contributed by atoms with Gasteiger partial charge < -0.3 is 41.4 Å². The molecule has 2 saturated heterocycles. The van der Waals surface area contributed by atoms with Crippen molar-refractivity contribution < 1.29 is 29.3 Å². The number of ether oxygens (including phenoxy) is 2. The van der Waals surface area contributed by atoms with Gasteiger partial charge in [-0.25, -0.2) is 19.7 Å². The number of anilines is 2. The highest BCUT2D eigenvalue weighted by Gasteiger charge is 2.47. The van der Waals surface area contributed by atoms with Gasteiger partial charge in [0.2, 0.25) is 5.82 Å². The summed E-state index contributed by atoms with van der Waals surface area (Å²) in [7, 11) is 0. The second-order valence-electron chi connectivity index (χ2n) is 9.95. The van der Waals surface area contributed by atoms with E-state index in [1.807, 2.05) is 0 Å². The molecule has 14 nitrogen and oxygen atoms in total. The smallest absolute Gasteiger partial charge is 0.410 e. The molecule has 2 aliphatic heterocycles. The van der Waals surface area contributed by atoms with Gasteiger partial charge in [-0.05, 0) is 55.9 Å². The van der Waals surface area contributed by atoms with E-state index in [1.54, 1.807) is 36.1 Å². The quantitative estimate of drug-likeness (QED) is 0.212. The van der Waals surface area contributed by atoms with Crippen molar-refractivity contribution in [3.8, 4) is 17.6 Å². The minimum absolute atomic E-state index is 0.0966. The maximum Gasteiger partial charge on any atom is 0.415 e. The number of hydrogen-bond acceptors (Lipinski definition) is 11. The summed E-state index contributed by atoms with van der Waals surface area (Å²) in [6.45, 7) is 3.20. The summed E-state index contributed by atoms with van der Waals surface area (Å²) in [5, 5.41) is 23.6. The lowest BCUT2D eigenvalue weighted by Crippen LogP contribution is -2.42. The van der Waals surface area contributed by atoms with Gasteiger partial charge in [0.05, 0.1) is 6.33 Å². The van der Waals surface area contributed by atoms with Crippen LogP contribution in [0.1, 0.15) is 38.2 Å². The molecule has 0 radical (unpaired) electrons. The van der Waals surface area contributed by atoms with E-state index in [0.717, 1.165) is 12.8 Å². The highest BCUT2D eigenvalue weighted by Crippen LogP contribution is 2.32. The number of piperidine rings is 1. The van der Waals surface area contributed by atoms with E-state index in [4.69, 9.17) is 20.9 Å². The molecule has 0 saturated carbocycles. The van der Waals surface area contributed by atoms with E-state index in [-0.39, 0.29) is 28.7 Å². The maximum atomic E-state index is 12.5. The van der Waals surface area contributed by atoms with Crippen molar-refractivity contribution in [2.24, 2.45) is 5.92 Å². The largest absolute Gasteiger partial charge is 0.415 e. The molecule has 5 rings (SSSR count). The molecule has 2 fully saturated rings. The van der Waals surface area contributed by atoms with Crippen LogP contribution in [-0.4, -0.2) is 84.6 Å². The summed E-state index contributed by atoms with van der Waals surface area (Å²) < 4.78 is 12.5. The first kappa shape index (κ1) is 28.1. The molecule has 0 unspecified atom stereocenters. The molecular formula is C27H32N8O6. The molecular weight excluding hydrogens is 532 g/mol. The molecule has 2 aromatic heterocycles. The van der Waals surface area contributed by atoms with Crippen LogP contribution in [0.4, 0.5) is 16.3 Å². The zero-order valence-corrected chi connectivity index (χ0v) is 22.4. The van der Waals surface area contributed by atoms with Gasteiger partial charge in [-0.3, -0.25) is 9.36 Å². The fourth-order valence-electron chi connectivity index (χ4n) is 4.86. The normalized spacial score (nSPS) is 22.8. The van der Waals surface area contributed by atoms with Crippen molar-refractivity contribution in [1.82, 2.24) is 29.7 Å². The average molecular weight is 565 g/mol. The van der Waals surface area contributed by atoms with Crippen molar-refractivity contribution in [3.63, 3.8) is 0 Å². The van der Waals surface area contributed by atoms with Gasteiger partial charge in [-0.2, -0.15) is 0 Å². The number of likely N-dealkylation sites (N-methyl/N-ethyl adjacent to an activating group) is 1. The van der Waals surface area contributed by atoms with Gasteiger partial charge in [0.25, 0.3) is 5.91 Å². The minimum Gasteiger partial charge on any atom is -0.410 e. The molecule has 3 aromatic rings. The fourth-order valence-corrected chi connectivity index (χ4v) is 4.86. The van der Waals surface area contributed by atoms with Gasteiger partial charge in [0.1, 0.15) is 23.5 Å². The molecule has 0 aliphatic carbocycles. The van der Waals surface area contributed by atoms with Crippen LogP contribution < -0.4 is 21.5 Å². The Morgan fingerprint density at radius 3 is 2.59 bits per heavy atom. The number of carbonyl (C=O) groups is 2. The van der Waals surface area contributed by atoms with Crippen LogP contribution in [0.3, 0.4) is 0 Å². The number of aliphatic hydroxyl groups excluding tert-OH is 2. The number of nitrogens with two attached hydrogens (primary N) is 2. The molecule has 2 amide bonds. The standard InChI is InChI=1S/C27H32N8O6/c1-2-30-25(38)22-20(36)21(37)26(41-22)35-14-31-19-23(29)32-18(33-24(19)35)5-3-4-15-10-12-34(13-11-15)27(39)40-17-8-6-16(28)7-9-17/h6-9,14-15,20-22,26,36-37H,2,4,10-13,28H2,1H3,(H,30,38)(H2,29,32,33)/t20-,21+,22-,26+/m0/s1. The van der Waals surface area contributed by atoms with Gasteiger partial charge >= 0.3 is 6.09 Å². The number of fused-ring (bicyclic) bond motifs is 1. The maximum absolute atomic E-state index is 12.5. The molecule has 4 atom stereocenters. The third-order valence-electron chi connectivity index (χ3n) is 7.12. The topological polar surface area (TPSA) is 204 Å². The predicted octanol–water partition coefficient (Wildman–Crippen LogP) is 0.399. The van der Waals surface area contributed by atoms with Crippen molar-refractivity contribution in [3.05, 3.63) is 36.4 Å². The van der Waals surface area contributed by atoms with Gasteiger partial charge in [-0.15, -0.1) is 0 Å². The van der Waals surface area contributed by atoms with Crippen LogP contribution in [0.2, 0.25) is 0 Å². The first-order chi connectivity index (χ1) is 19.7. The molecule has 14 heteroatoms. The minimum atomic E-state index is -1.44. The summed E-state index contributed by atoms with van der Waals surface area (Å²) >= 11 is 0. The Hall–Kier alpha value is -4.45. The first-order valence-corrected chi connectivity index (χ1v) is 13.4. The molecule has 7 N–H and O–H groups in total. The lowest BCUT2D eigenvalue weighted by atomic mass is 9.94. The number of aliphatic hydroxyl groups is 2. The molecule has 41 heavy (non-hydrogen) atoms. The summed E-state index contributed by atoms with van der Waals surface area (Å²) in [5.41, 5.74) is 12.9. The van der Waals surface area contributed by atoms with Gasteiger partial charge in [-0.1, -0.05) is 5.92 Å².